The van der Waals surface area contributed by atoms with Gasteiger partial charge in [-0.1, -0.05) is 28.1 Å². The van der Waals surface area contributed by atoms with Crippen LogP contribution >= 0.6 is 15.9 Å². The minimum atomic E-state index is -4.50. The first-order valence-corrected chi connectivity index (χ1v) is 10.4. The first-order chi connectivity index (χ1) is 14.6. The lowest BCUT2D eigenvalue weighted by Gasteiger charge is -2.34. The molecule has 1 amide bonds. The van der Waals surface area contributed by atoms with E-state index in [4.69, 9.17) is 0 Å². The Labute approximate surface area is 184 Å². The molecule has 1 aliphatic heterocycles. The number of aromatic nitrogens is 4. The highest BCUT2D eigenvalue weighted by molar-refractivity contribution is 9.10. The highest BCUT2D eigenvalue weighted by Crippen LogP contribution is 2.44. The fourth-order valence-corrected chi connectivity index (χ4v) is 4.00. The summed E-state index contributed by atoms with van der Waals surface area (Å²) in [4.78, 5) is 12.8. The molecule has 0 bridgehead atoms. The molecule has 0 saturated carbocycles. The van der Waals surface area contributed by atoms with E-state index in [0.717, 1.165) is 20.4 Å². The predicted molar refractivity (Wildman–Crippen MR) is 112 cm³/mol. The second-order valence-corrected chi connectivity index (χ2v) is 8.40. The highest BCUT2D eigenvalue weighted by atomic mass is 79.9. The van der Waals surface area contributed by atoms with Gasteiger partial charge in [-0.05, 0) is 24.6 Å². The maximum atomic E-state index is 13.8. The molecule has 0 fully saturated rings. The van der Waals surface area contributed by atoms with Crippen LogP contribution in [0.1, 0.15) is 45.7 Å². The van der Waals surface area contributed by atoms with Gasteiger partial charge in [-0.15, -0.1) is 0 Å². The molecule has 164 valence electrons. The van der Waals surface area contributed by atoms with Gasteiger partial charge >= 0.3 is 6.18 Å². The molecule has 0 saturated heterocycles. The van der Waals surface area contributed by atoms with Gasteiger partial charge in [-0.25, -0.2) is 4.68 Å². The second-order valence-electron chi connectivity index (χ2n) is 7.49. The zero-order valence-corrected chi connectivity index (χ0v) is 18.3. The molecular weight excluding hydrogens is 477 g/mol. The van der Waals surface area contributed by atoms with E-state index in [9.17, 15) is 18.0 Å². The molecule has 11 heteroatoms. The van der Waals surface area contributed by atoms with Crippen molar-refractivity contribution in [2.45, 2.75) is 38.1 Å². The largest absolute Gasteiger partial charge is 0.410 e. The van der Waals surface area contributed by atoms with Crippen molar-refractivity contribution in [3.63, 3.8) is 0 Å². The average Bonchev–Trinajstić information content (AvgIpc) is 3.27. The number of nitrogens with zero attached hydrogens (tertiary/aromatic N) is 4. The van der Waals surface area contributed by atoms with Gasteiger partial charge < -0.3 is 10.6 Å². The third-order valence-corrected chi connectivity index (χ3v) is 5.84. The standard InChI is InChI=1S/C20H20BrF3N6O/c1-11-13(10-29(2)28-11)8-25-19(31)15-9-26-30-17(20(22,23)24)7-16(27-18(15)30)12-3-5-14(21)6-4-12/h3-6,9-10,16-17,27H,7-8H2,1-2H3,(H,25,31)/t16-,17-/m0/s1. The van der Waals surface area contributed by atoms with Gasteiger partial charge in [0.15, 0.2) is 6.04 Å². The quantitative estimate of drug-likeness (QED) is 0.565. The Balaban J connectivity index is 1.62. The highest BCUT2D eigenvalue weighted by Gasteiger charge is 2.47. The number of fused-ring (bicyclic) bond motifs is 1. The van der Waals surface area contributed by atoms with Crippen LogP contribution in [-0.4, -0.2) is 31.6 Å². The number of carbonyl (C=O) groups excluding carboxylic acids is 1. The monoisotopic (exact) mass is 496 g/mol. The first kappa shape index (κ1) is 21.4. The van der Waals surface area contributed by atoms with E-state index < -0.39 is 24.2 Å². The van der Waals surface area contributed by atoms with E-state index in [1.165, 1.54) is 6.20 Å². The van der Waals surface area contributed by atoms with E-state index in [1.54, 1.807) is 42.2 Å². The molecule has 0 radical (unpaired) electrons. The van der Waals surface area contributed by atoms with E-state index >= 15 is 0 Å². The summed E-state index contributed by atoms with van der Waals surface area (Å²) in [5, 5.41) is 13.9. The number of nitrogens with one attached hydrogen (secondary N) is 2. The van der Waals surface area contributed by atoms with Crippen molar-refractivity contribution in [2.75, 3.05) is 5.32 Å². The van der Waals surface area contributed by atoms with Crippen LogP contribution in [0, 0.1) is 6.92 Å². The van der Waals surface area contributed by atoms with Crippen molar-refractivity contribution in [2.24, 2.45) is 7.05 Å². The molecule has 0 spiro atoms. The predicted octanol–water partition coefficient (Wildman–Crippen LogP) is 4.28. The molecule has 31 heavy (non-hydrogen) atoms. The van der Waals surface area contributed by atoms with Crippen molar-refractivity contribution in [1.82, 2.24) is 24.9 Å². The van der Waals surface area contributed by atoms with Crippen LogP contribution < -0.4 is 10.6 Å². The maximum absolute atomic E-state index is 13.8. The summed E-state index contributed by atoms with van der Waals surface area (Å²) in [6, 6.07) is 4.61. The minimum absolute atomic E-state index is 0.0573. The van der Waals surface area contributed by atoms with Crippen LogP contribution in [0.15, 0.2) is 41.1 Å². The Morgan fingerprint density at radius 2 is 2.03 bits per heavy atom. The SMILES string of the molecule is Cc1nn(C)cc1CNC(=O)c1cnn2c1N[C@H](c1ccc(Br)cc1)C[C@H]2C(F)(F)F. The summed E-state index contributed by atoms with van der Waals surface area (Å²) in [7, 11) is 1.77. The number of rotatable bonds is 4. The molecule has 3 aromatic rings. The number of alkyl halides is 3. The van der Waals surface area contributed by atoms with Gasteiger partial charge in [0.2, 0.25) is 0 Å². The van der Waals surface area contributed by atoms with Gasteiger partial charge in [0.05, 0.1) is 17.9 Å². The lowest BCUT2D eigenvalue weighted by Crippen LogP contribution is -2.36. The lowest BCUT2D eigenvalue weighted by atomic mass is 9.96. The Morgan fingerprint density at radius 1 is 1.32 bits per heavy atom. The lowest BCUT2D eigenvalue weighted by molar-refractivity contribution is -0.173. The summed E-state index contributed by atoms with van der Waals surface area (Å²) in [6.07, 6.45) is -1.77. The summed E-state index contributed by atoms with van der Waals surface area (Å²) < 4.78 is 44.7. The molecule has 2 atom stereocenters. The van der Waals surface area contributed by atoms with Crippen LogP contribution in [-0.2, 0) is 13.6 Å². The van der Waals surface area contributed by atoms with Crippen LogP contribution in [0.5, 0.6) is 0 Å². The average molecular weight is 497 g/mol. The smallest absolute Gasteiger partial charge is 0.363 e. The fraction of sp³-hybridized carbons (Fsp3) is 0.350. The topological polar surface area (TPSA) is 76.8 Å². The van der Waals surface area contributed by atoms with Gasteiger partial charge in [0.25, 0.3) is 5.91 Å². The molecular formula is C20H20BrF3N6O. The van der Waals surface area contributed by atoms with E-state index in [2.05, 4.69) is 36.8 Å². The van der Waals surface area contributed by atoms with Gasteiger partial charge in [-0.3, -0.25) is 9.48 Å². The van der Waals surface area contributed by atoms with Crippen LogP contribution in [0.3, 0.4) is 0 Å². The summed E-state index contributed by atoms with van der Waals surface area (Å²) in [6.45, 7) is 2.03. The van der Waals surface area contributed by atoms with Crippen LogP contribution in [0.25, 0.3) is 0 Å². The number of halogens is 4. The Hall–Kier alpha value is -2.82. The number of aryl methyl sites for hydroxylation is 2. The molecule has 2 aromatic heterocycles. The van der Waals surface area contributed by atoms with Crippen molar-refractivity contribution >= 4 is 27.7 Å². The molecule has 2 N–H and O–H groups in total. The fourth-order valence-electron chi connectivity index (χ4n) is 3.74. The number of hydrogen-bond donors (Lipinski definition) is 2. The number of benzene rings is 1. The van der Waals surface area contributed by atoms with Gasteiger partial charge in [0.1, 0.15) is 11.4 Å². The molecule has 3 heterocycles. The van der Waals surface area contributed by atoms with E-state index in [0.29, 0.717) is 5.56 Å². The van der Waals surface area contributed by atoms with Crippen molar-refractivity contribution < 1.29 is 18.0 Å². The van der Waals surface area contributed by atoms with Crippen LogP contribution in [0.4, 0.5) is 19.0 Å². The van der Waals surface area contributed by atoms with Gasteiger partial charge in [-0.2, -0.15) is 23.4 Å². The van der Waals surface area contributed by atoms with Crippen LogP contribution in [0.2, 0.25) is 0 Å². The normalized spacial score (nSPS) is 18.4. The van der Waals surface area contributed by atoms with E-state index in [-0.39, 0.29) is 24.3 Å². The molecule has 4 rings (SSSR count). The third kappa shape index (κ3) is 4.32. The molecule has 0 aliphatic carbocycles. The second kappa shape index (κ2) is 8.03. The zero-order chi connectivity index (χ0) is 22.3. The molecule has 1 aromatic carbocycles. The number of hydrogen-bond acceptors (Lipinski definition) is 4. The zero-order valence-electron chi connectivity index (χ0n) is 16.7. The molecule has 7 nitrogen and oxygen atoms in total. The van der Waals surface area contributed by atoms with Crippen molar-refractivity contribution in [1.29, 1.82) is 0 Å². The van der Waals surface area contributed by atoms with E-state index in [1.807, 2.05) is 6.92 Å². The summed E-state index contributed by atoms with van der Waals surface area (Å²) in [5.74, 6) is -0.448. The van der Waals surface area contributed by atoms with Crippen molar-refractivity contribution in [3.05, 3.63) is 63.5 Å². The van der Waals surface area contributed by atoms with Gasteiger partial charge in [0, 0.05) is 36.2 Å². The van der Waals surface area contributed by atoms with Crippen molar-refractivity contribution in [3.8, 4) is 0 Å². The summed E-state index contributed by atoms with van der Waals surface area (Å²) in [5.41, 5.74) is 2.36. The third-order valence-electron chi connectivity index (χ3n) is 5.31. The number of amides is 1. The summed E-state index contributed by atoms with van der Waals surface area (Å²) >= 11 is 3.33. The maximum Gasteiger partial charge on any atom is 0.410 e. The first-order valence-electron chi connectivity index (χ1n) is 9.57. The Kier molecular flexibility index (Phi) is 5.54. The molecule has 0 unspecified atom stereocenters. The Morgan fingerprint density at radius 3 is 2.65 bits per heavy atom. The number of carbonyl (C=O) groups is 1. The molecule has 1 aliphatic rings. The number of anilines is 1. The minimum Gasteiger partial charge on any atom is -0.363 e. The Bertz CT molecular complexity index is 1110.